The standard InChI is InChI=1S/C19H26N2O3/c1-6-21(7-2)17(22)12-20(5)11-15-10-18(23)24-19-14(4)13(3)8-9-16(15)19/h8-10H,6-7,11-12H2,1-5H3/p+1. The molecule has 1 aromatic heterocycles. The van der Waals surface area contributed by atoms with Gasteiger partial charge in [0.25, 0.3) is 5.91 Å². The van der Waals surface area contributed by atoms with Crippen LogP contribution >= 0.6 is 0 Å². The van der Waals surface area contributed by atoms with Gasteiger partial charge in [0, 0.05) is 30.1 Å². The molecule has 130 valence electrons. The van der Waals surface area contributed by atoms with Crippen LogP contribution in [0.25, 0.3) is 11.0 Å². The fraction of sp³-hybridized carbons (Fsp3) is 0.474. The van der Waals surface area contributed by atoms with Crippen molar-refractivity contribution in [1.29, 1.82) is 0 Å². The van der Waals surface area contributed by atoms with Gasteiger partial charge < -0.3 is 14.2 Å². The predicted molar refractivity (Wildman–Crippen MR) is 95.3 cm³/mol. The Hall–Kier alpha value is -2.14. The lowest BCUT2D eigenvalue weighted by molar-refractivity contribution is -0.885. The molecule has 0 spiro atoms. The smallest absolute Gasteiger partial charge is 0.336 e. The number of nitrogens with zero attached hydrogens (tertiary/aromatic N) is 1. The fourth-order valence-electron chi connectivity index (χ4n) is 3.00. The van der Waals surface area contributed by atoms with Crippen LogP contribution in [0.4, 0.5) is 0 Å². The zero-order chi connectivity index (χ0) is 17.9. The zero-order valence-electron chi connectivity index (χ0n) is 15.2. The summed E-state index contributed by atoms with van der Waals surface area (Å²) in [6.45, 7) is 10.4. The molecule has 5 nitrogen and oxygen atoms in total. The number of nitrogens with one attached hydrogen (secondary N) is 1. The van der Waals surface area contributed by atoms with E-state index in [0.717, 1.165) is 40.1 Å². The average molecular weight is 331 g/mol. The van der Waals surface area contributed by atoms with Crippen molar-refractivity contribution in [3.05, 3.63) is 45.3 Å². The molecule has 2 rings (SSSR count). The highest BCUT2D eigenvalue weighted by atomic mass is 16.4. The largest absolute Gasteiger partial charge is 0.422 e. The van der Waals surface area contributed by atoms with Crippen LogP contribution in [0, 0.1) is 13.8 Å². The highest BCUT2D eigenvalue weighted by Gasteiger charge is 2.18. The third kappa shape index (κ3) is 3.85. The zero-order valence-corrected chi connectivity index (χ0v) is 15.2. The number of benzene rings is 1. The maximum atomic E-state index is 12.3. The normalized spacial score (nSPS) is 12.4. The maximum Gasteiger partial charge on any atom is 0.336 e. The van der Waals surface area contributed by atoms with Gasteiger partial charge in [-0.1, -0.05) is 12.1 Å². The molecular weight excluding hydrogens is 304 g/mol. The SMILES string of the molecule is CCN(CC)C(=O)C[NH+](C)Cc1cc(=O)oc2c(C)c(C)ccc12. The second kappa shape index (κ2) is 7.62. The first kappa shape index (κ1) is 18.2. The van der Waals surface area contributed by atoms with Gasteiger partial charge in [0.15, 0.2) is 6.54 Å². The molecule has 1 amide bonds. The Morgan fingerprint density at radius 2 is 1.88 bits per heavy atom. The van der Waals surface area contributed by atoms with E-state index < -0.39 is 0 Å². The van der Waals surface area contributed by atoms with E-state index in [1.165, 1.54) is 0 Å². The first-order valence-electron chi connectivity index (χ1n) is 8.49. The van der Waals surface area contributed by atoms with Gasteiger partial charge in [0.1, 0.15) is 12.1 Å². The van der Waals surface area contributed by atoms with Crippen LogP contribution in [-0.4, -0.2) is 37.5 Å². The van der Waals surface area contributed by atoms with Gasteiger partial charge in [-0.2, -0.15) is 0 Å². The molecule has 0 aliphatic rings. The van der Waals surface area contributed by atoms with E-state index in [1.54, 1.807) is 6.07 Å². The van der Waals surface area contributed by atoms with Crippen molar-refractivity contribution in [2.24, 2.45) is 0 Å². The van der Waals surface area contributed by atoms with Crippen molar-refractivity contribution in [1.82, 2.24) is 4.90 Å². The van der Waals surface area contributed by atoms with Crippen LogP contribution in [0.3, 0.4) is 0 Å². The van der Waals surface area contributed by atoms with Crippen molar-refractivity contribution < 1.29 is 14.1 Å². The lowest BCUT2D eigenvalue weighted by atomic mass is 10.0. The summed E-state index contributed by atoms with van der Waals surface area (Å²) in [7, 11) is 1.98. The number of fused-ring (bicyclic) bond motifs is 1. The number of carbonyl (C=O) groups excluding carboxylic acids is 1. The van der Waals surface area contributed by atoms with Crippen molar-refractivity contribution in [3.8, 4) is 0 Å². The molecule has 0 aliphatic carbocycles. The summed E-state index contributed by atoms with van der Waals surface area (Å²) < 4.78 is 5.41. The molecule has 0 bridgehead atoms. The van der Waals surface area contributed by atoms with E-state index in [9.17, 15) is 9.59 Å². The highest BCUT2D eigenvalue weighted by molar-refractivity contribution is 5.83. The first-order chi connectivity index (χ1) is 11.4. The summed E-state index contributed by atoms with van der Waals surface area (Å²) in [5.74, 6) is 0.136. The van der Waals surface area contributed by atoms with E-state index in [1.807, 2.05) is 51.8 Å². The number of aryl methyl sites for hydroxylation is 2. The molecule has 1 N–H and O–H groups in total. The third-order valence-electron chi connectivity index (χ3n) is 4.58. The van der Waals surface area contributed by atoms with Gasteiger partial charge in [0.05, 0.1) is 7.05 Å². The predicted octanol–water partition coefficient (Wildman–Crippen LogP) is 1.29. The molecule has 1 atom stereocenters. The van der Waals surface area contributed by atoms with E-state index >= 15 is 0 Å². The number of quaternary nitrogens is 1. The topological polar surface area (TPSA) is 55.0 Å². The summed E-state index contributed by atoms with van der Waals surface area (Å²) in [4.78, 5) is 27.1. The number of likely N-dealkylation sites (N-methyl/N-ethyl adjacent to an activating group) is 2. The van der Waals surface area contributed by atoms with Crippen LogP contribution in [0.1, 0.15) is 30.5 Å². The van der Waals surface area contributed by atoms with Gasteiger partial charge in [-0.15, -0.1) is 0 Å². The monoisotopic (exact) mass is 331 g/mol. The van der Waals surface area contributed by atoms with Crippen LogP contribution in [0.2, 0.25) is 0 Å². The Bertz CT molecular complexity index is 791. The minimum atomic E-state index is -0.339. The molecular formula is C19H27N2O3+. The van der Waals surface area contributed by atoms with Gasteiger partial charge >= 0.3 is 5.63 Å². The molecule has 5 heteroatoms. The maximum absolute atomic E-state index is 12.3. The Balaban J connectivity index is 2.28. The summed E-state index contributed by atoms with van der Waals surface area (Å²) in [5.41, 5.74) is 3.33. The van der Waals surface area contributed by atoms with E-state index in [0.29, 0.717) is 18.7 Å². The molecule has 0 radical (unpaired) electrons. The summed E-state index contributed by atoms with van der Waals surface area (Å²) in [5, 5.41) is 0.951. The molecule has 1 aromatic carbocycles. The summed E-state index contributed by atoms with van der Waals surface area (Å²) in [6, 6.07) is 5.58. The van der Waals surface area contributed by atoms with Crippen molar-refractivity contribution in [2.45, 2.75) is 34.2 Å². The fourth-order valence-corrected chi connectivity index (χ4v) is 3.00. The molecule has 1 unspecified atom stereocenters. The molecule has 0 aliphatic heterocycles. The Morgan fingerprint density at radius 1 is 1.21 bits per heavy atom. The quantitative estimate of drug-likeness (QED) is 0.812. The average Bonchev–Trinajstić information content (AvgIpc) is 2.52. The minimum absolute atomic E-state index is 0.136. The summed E-state index contributed by atoms with van der Waals surface area (Å²) in [6.07, 6.45) is 0. The Kier molecular flexibility index (Phi) is 5.78. The highest BCUT2D eigenvalue weighted by Crippen LogP contribution is 2.22. The van der Waals surface area contributed by atoms with E-state index in [4.69, 9.17) is 4.42 Å². The Labute approximate surface area is 142 Å². The summed E-state index contributed by atoms with van der Waals surface area (Å²) >= 11 is 0. The van der Waals surface area contributed by atoms with Crippen molar-refractivity contribution >= 4 is 16.9 Å². The second-order valence-corrected chi connectivity index (χ2v) is 6.35. The lowest BCUT2D eigenvalue weighted by Gasteiger charge is -2.21. The number of rotatable bonds is 6. The molecule has 0 saturated heterocycles. The third-order valence-corrected chi connectivity index (χ3v) is 4.58. The molecule has 24 heavy (non-hydrogen) atoms. The second-order valence-electron chi connectivity index (χ2n) is 6.35. The first-order valence-corrected chi connectivity index (χ1v) is 8.49. The molecule has 2 aromatic rings. The van der Waals surface area contributed by atoms with Gasteiger partial charge in [-0.25, -0.2) is 4.79 Å². The van der Waals surface area contributed by atoms with E-state index in [-0.39, 0.29) is 11.5 Å². The van der Waals surface area contributed by atoms with E-state index in [2.05, 4.69) is 0 Å². The van der Waals surface area contributed by atoms with Gasteiger partial charge in [0.2, 0.25) is 0 Å². The van der Waals surface area contributed by atoms with Crippen molar-refractivity contribution in [3.63, 3.8) is 0 Å². The Morgan fingerprint density at radius 3 is 2.50 bits per heavy atom. The minimum Gasteiger partial charge on any atom is -0.422 e. The number of carbonyl (C=O) groups is 1. The lowest BCUT2D eigenvalue weighted by Crippen LogP contribution is -3.08. The van der Waals surface area contributed by atoms with Gasteiger partial charge in [-0.3, -0.25) is 4.79 Å². The van der Waals surface area contributed by atoms with Crippen LogP contribution in [-0.2, 0) is 11.3 Å². The molecule has 0 saturated carbocycles. The van der Waals surface area contributed by atoms with Crippen LogP contribution < -0.4 is 10.5 Å². The van der Waals surface area contributed by atoms with Crippen LogP contribution in [0.5, 0.6) is 0 Å². The number of hydrogen-bond donors (Lipinski definition) is 1. The van der Waals surface area contributed by atoms with Crippen molar-refractivity contribution in [2.75, 3.05) is 26.7 Å². The number of hydrogen-bond acceptors (Lipinski definition) is 3. The number of amides is 1. The van der Waals surface area contributed by atoms with Crippen LogP contribution in [0.15, 0.2) is 27.4 Å². The molecule has 0 fully saturated rings. The van der Waals surface area contributed by atoms with Gasteiger partial charge in [-0.05, 0) is 38.8 Å². The molecule has 1 heterocycles.